The van der Waals surface area contributed by atoms with Crippen LogP contribution in [0.1, 0.15) is 17.0 Å². The highest BCUT2D eigenvalue weighted by Gasteiger charge is 2.30. The number of carbonyl (C=O) groups excluding carboxylic acids is 1. The van der Waals surface area contributed by atoms with E-state index in [4.69, 9.17) is 4.74 Å². The van der Waals surface area contributed by atoms with Gasteiger partial charge in [-0.2, -0.15) is 0 Å². The Labute approximate surface area is 161 Å². The van der Waals surface area contributed by atoms with Gasteiger partial charge in [0.15, 0.2) is 23.3 Å². The molecule has 4 rings (SSSR count). The summed E-state index contributed by atoms with van der Waals surface area (Å²) in [4.78, 5) is 12.0. The number of hydrogen-bond donors (Lipinski definition) is 1. The van der Waals surface area contributed by atoms with E-state index in [2.05, 4.69) is 0 Å². The van der Waals surface area contributed by atoms with Gasteiger partial charge in [-0.1, -0.05) is 48.5 Å². The molecule has 148 valence electrons. The van der Waals surface area contributed by atoms with Crippen molar-refractivity contribution >= 4 is 11.8 Å². The van der Waals surface area contributed by atoms with Crippen LogP contribution in [0.2, 0.25) is 0 Å². The molecule has 1 aliphatic rings. The fourth-order valence-corrected chi connectivity index (χ4v) is 3.45. The molecule has 0 fully saturated rings. The Morgan fingerprint density at radius 2 is 1.21 bits per heavy atom. The summed E-state index contributed by atoms with van der Waals surface area (Å²) in [5.74, 6) is -11.2. The molecule has 0 aliphatic heterocycles. The lowest BCUT2D eigenvalue weighted by Crippen LogP contribution is -2.20. The van der Waals surface area contributed by atoms with Crippen LogP contribution in [0.3, 0.4) is 0 Å². The molecule has 1 N–H and O–H groups in total. The van der Waals surface area contributed by atoms with Gasteiger partial charge in [0, 0.05) is 5.92 Å². The van der Waals surface area contributed by atoms with Gasteiger partial charge in [0.2, 0.25) is 5.82 Å². The van der Waals surface area contributed by atoms with Crippen molar-refractivity contribution in [3.05, 3.63) is 88.7 Å². The molecule has 1 aliphatic carbocycles. The van der Waals surface area contributed by atoms with E-state index >= 15 is 0 Å². The van der Waals surface area contributed by atoms with Gasteiger partial charge >= 0.3 is 6.09 Å². The first-order valence-corrected chi connectivity index (χ1v) is 8.53. The molecule has 3 nitrogen and oxygen atoms in total. The second-order valence-electron chi connectivity index (χ2n) is 6.40. The van der Waals surface area contributed by atoms with Crippen molar-refractivity contribution < 1.29 is 31.5 Å². The van der Waals surface area contributed by atoms with E-state index in [1.165, 1.54) is 0 Å². The summed E-state index contributed by atoms with van der Waals surface area (Å²) in [7, 11) is 0. The predicted octanol–water partition coefficient (Wildman–Crippen LogP) is 5.74. The molecule has 3 aromatic rings. The number of hydrogen-bond acceptors (Lipinski definition) is 2. The average Bonchev–Trinajstić information content (AvgIpc) is 3.06. The SMILES string of the molecule is O=C(Nc1c(F)c(F)c(F)c(F)c1F)OCC1c2ccccc2-c2ccccc21. The van der Waals surface area contributed by atoms with Crippen molar-refractivity contribution in [1.29, 1.82) is 0 Å². The maximum absolute atomic E-state index is 13.7. The lowest BCUT2D eigenvalue weighted by Gasteiger charge is -2.15. The maximum Gasteiger partial charge on any atom is 0.411 e. The molecule has 0 saturated heterocycles. The van der Waals surface area contributed by atoms with Crippen LogP contribution in [-0.2, 0) is 4.74 Å². The molecular formula is C21H12F5NO2. The number of fused-ring (bicyclic) bond motifs is 3. The number of rotatable bonds is 3. The van der Waals surface area contributed by atoms with Gasteiger partial charge in [-0.15, -0.1) is 0 Å². The van der Waals surface area contributed by atoms with E-state index in [0.29, 0.717) is 0 Å². The Morgan fingerprint density at radius 1 is 0.759 bits per heavy atom. The minimum atomic E-state index is -2.31. The number of carbonyl (C=O) groups is 1. The minimum absolute atomic E-state index is 0.185. The van der Waals surface area contributed by atoms with E-state index < -0.39 is 40.9 Å². The van der Waals surface area contributed by atoms with Crippen molar-refractivity contribution in [2.24, 2.45) is 0 Å². The average molecular weight is 405 g/mol. The van der Waals surface area contributed by atoms with Crippen LogP contribution in [0, 0.1) is 29.1 Å². The van der Waals surface area contributed by atoms with E-state index in [0.717, 1.165) is 22.3 Å². The fourth-order valence-electron chi connectivity index (χ4n) is 3.45. The van der Waals surface area contributed by atoms with Crippen LogP contribution in [-0.4, -0.2) is 12.7 Å². The second kappa shape index (κ2) is 7.20. The molecular weight excluding hydrogens is 393 g/mol. The van der Waals surface area contributed by atoms with Gasteiger partial charge < -0.3 is 4.74 Å². The van der Waals surface area contributed by atoms with Crippen LogP contribution in [0.5, 0.6) is 0 Å². The van der Waals surface area contributed by atoms with Crippen LogP contribution in [0.25, 0.3) is 11.1 Å². The fraction of sp³-hybridized carbons (Fsp3) is 0.0952. The highest BCUT2D eigenvalue weighted by molar-refractivity contribution is 5.85. The third kappa shape index (κ3) is 3.10. The molecule has 0 unspecified atom stereocenters. The summed E-state index contributed by atoms with van der Waals surface area (Å²) in [5.41, 5.74) is 2.28. The van der Waals surface area contributed by atoms with Crippen molar-refractivity contribution in [2.45, 2.75) is 5.92 Å². The van der Waals surface area contributed by atoms with Crippen LogP contribution in [0.4, 0.5) is 32.4 Å². The lowest BCUT2D eigenvalue weighted by molar-refractivity contribution is 0.158. The summed E-state index contributed by atoms with van der Waals surface area (Å²) in [6, 6.07) is 15.0. The predicted molar refractivity (Wildman–Crippen MR) is 94.9 cm³/mol. The molecule has 29 heavy (non-hydrogen) atoms. The molecule has 0 aromatic heterocycles. The van der Waals surface area contributed by atoms with Gasteiger partial charge in [0.1, 0.15) is 12.3 Å². The quantitative estimate of drug-likeness (QED) is 0.343. The third-order valence-corrected chi connectivity index (χ3v) is 4.78. The molecule has 0 radical (unpaired) electrons. The van der Waals surface area contributed by atoms with Crippen molar-refractivity contribution in [3.8, 4) is 11.1 Å². The molecule has 0 saturated carbocycles. The molecule has 0 bridgehead atoms. The number of amides is 1. The van der Waals surface area contributed by atoms with Crippen molar-refractivity contribution in [1.82, 2.24) is 0 Å². The smallest absolute Gasteiger partial charge is 0.411 e. The van der Waals surface area contributed by atoms with Gasteiger partial charge in [-0.3, -0.25) is 5.32 Å². The van der Waals surface area contributed by atoms with Crippen molar-refractivity contribution in [2.75, 3.05) is 11.9 Å². The summed E-state index contributed by atoms with van der Waals surface area (Å²) < 4.78 is 72.1. The van der Waals surface area contributed by atoms with Crippen LogP contribution >= 0.6 is 0 Å². The minimum Gasteiger partial charge on any atom is -0.448 e. The number of ether oxygens (including phenoxy) is 1. The zero-order chi connectivity index (χ0) is 20.7. The zero-order valence-corrected chi connectivity index (χ0v) is 14.6. The number of nitrogens with one attached hydrogen (secondary N) is 1. The highest BCUT2D eigenvalue weighted by Crippen LogP contribution is 2.44. The first-order chi connectivity index (χ1) is 13.9. The molecule has 0 heterocycles. The third-order valence-electron chi connectivity index (χ3n) is 4.78. The van der Waals surface area contributed by atoms with E-state index in [9.17, 15) is 26.7 Å². The Kier molecular flexibility index (Phi) is 4.70. The van der Waals surface area contributed by atoms with Crippen LogP contribution < -0.4 is 5.32 Å². The summed E-state index contributed by atoms with van der Waals surface area (Å²) >= 11 is 0. The van der Waals surface area contributed by atoms with E-state index in [1.807, 2.05) is 48.5 Å². The first-order valence-electron chi connectivity index (χ1n) is 8.53. The normalized spacial score (nSPS) is 12.4. The molecule has 0 atom stereocenters. The molecule has 3 aromatic carbocycles. The molecule has 1 amide bonds. The Balaban J connectivity index is 1.55. The largest absolute Gasteiger partial charge is 0.448 e. The summed E-state index contributed by atoms with van der Waals surface area (Å²) in [6.07, 6.45) is -1.34. The topological polar surface area (TPSA) is 38.3 Å². The zero-order valence-electron chi connectivity index (χ0n) is 14.6. The second-order valence-corrected chi connectivity index (χ2v) is 6.40. The van der Waals surface area contributed by atoms with E-state index in [-0.39, 0.29) is 12.5 Å². The number of benzene rings is 3. The number of halogens is 5. The van der Waals surface area contributed by atoms with E-state index in [1.54, 1.807) is 5.32 Å². The Bertz CT molecular complexity index is 1060. The van der Waals surface area contributed by atoms with Gasteiger partial charge in [0.25, 0.3) is 0 Å². The highest BCUT2D eigenvalue weighted by atomic mass is 19.2. The first kappa shape index (κ1) is 18.9. The molecule has 0 spiro atoms. The van der Waals surface area contributed by atoms with Crippen molar-refractivity contribution in [3.63, 3.8) is 0 Å². The summed E-state index contributed by atoms with van der Waals surface area (Å²) in [5, 5.41) is 1.60. The maximum atomic E-state index is 13.7. The monoisotopic (exact) mass is 405 g/mol. The van der Waals surface area contributed by atoms with Gasteiger partial charge in [-0.05, 0) is 22.3 Å². The Hall–Kier alpha value is -3.42. The standard InChI is InChI=1S/C21H12F5NO2/c22-15-16(23)18(25)20(19(26)17(15)24)27-21(28)29-9-14-12-7-3-1-5-10(12)11-6-2-4-8-13(11)14/h1-8,14H,9H2,(H,27,28). The van der Waals surface area contributed by atoms with Gasteiger partial charge in [0.05, 0.1) is 0 Å². The van der Waals surface area contributed by atoms with Gasteiger partial charge in [-0.25, -0.2) is 26.7 Å². The summed E-state index contributed by atoms with van der Waals surface area (Å²) in [6.45, 7) is -0.185. The Morgan fingerprint density at radius 3 is 1.72 bits per heavy atom. The lowest BCUT2D eigenvalue weighted by atomic mass is 9.98. The van der Waals surface area contributed by atoms with Crippen LogP contribution in [0.15, 0.2) is 48.5 Å². The molecule has 8 heteroatoms. The number of anilines is 1.